The van der Waals surface area contributed by atoms with Crippen LogP contribution < -0.4 is 5.32 Å². The largest absolute Gasteiger partial charge is 0.349 e. The monoisotopic (exact) mass is 337 g/mol. The Morgan fingerprint density at radius 3 is 2.96 bits per heavy atom. The van der Waals surface area contributed by atoms with E-state index in [4.69, 9.17) is 0 Å². The number of aromatic nitrogens is 1. The van der Waals surface area contributed by atoms with Crippen LogP contribution in [0.25, 0.3) is 10.9 Å². The minimum absolute atomic E-state index is 0.0298. The minimum atomic E-state index is -0.335. The van der Waals surface area contributed by atoms with E-state index >= 15 is 0 Å². The van der Waals surface area contributed by atoms with E-state index in [1.807, 2.05) is 41.3 Å². The average Bonchev–Trinajstić information content (AvgIpc) is 2.77. The summed E-state index contributed by atoms with van der Waals surface area (Å²) in [4.78, 5) is 31.7. The fourth-order valence-corrected chi connectivity index (χ4v) is 4.32. The molecule has 0 unspecified atom stereocenters. The van der Waals surface area contributed by atoms with Crippen molar-refractivity contribution in [1.82, 2.24) is 15.2 Å². The topological polar surface area (TPSA) is 62.3 Å². The van der Waals surface area contributed by atoms with Crippen LogP contribution in [0.15, 0.2) is 36.4 Å². The van der Waals surface area contributed by atoms with E-state index in [0.29, 0.717) is 12.1 Å². The lowest BCUT2D eigenvalue weighted by Gasteiger charge is -2.47. The van der Waals surface area contributed by atoms with Gasteiger partial charge in [0, 0.05) is 18.4 Å². The fourth-order valence-electron chi connectivity index (χ4n) is 4.32. The summed E-state index contributed by atoms with van der Waals surface area (Å²) in [5.41, 5.74) is 0.985. The molecule has 1 aromatic heterocycles. The van der Waals surface area contributed by atoms with Gasteiger partial charge < -0.3 is 10.2 Å². The second kappa shape index (κ2) is 6.14. The van der Waals surface area contributed by atoms with E-state index in [-0.39, 0.29) is 23.4 Å². The molecule has 0 radical (unpaired) electrons. The Bertz CT molecular complexity index is 835. The molecule has 0 spiro atoms. The van der Waals surface area contributed by atoms with E-state index in [0.717, 1.165) is 43.1 Å². The number of benzene rings is 1. The summed E-state index contributed by atoms with van der Waals surface area (Å²) in [5, 5.41) is 4.20. The zero-order valence-electron chi connectivity index (χ0n) is 14.5. The van der Waals surface area contributed by atoms with Crippen LogP contribution in [0.5, 0.6) is 0 Å². The van der Waals surface area contributed by atoms with Crippen LogP contribution in [-0.2, 0) is 4.79 Å². The summed E-state index contributed by atoms with van der Waals surface area (Å²) < 4.78 is 0. The first kappa shape index (κ1) is 16.1. The molecule has 130 valence electrons. The molecule has 2 atom stereocenters. The highest BCUT2D eigenvalue weighted by Gasteiger charge is 2.45. The van der Waals surface area contributed by atoms with Crippen molar-refractivity contribution in [2.45, 2.75) is 50.6 Å². The molecule has 1 aromatic carbocycles. The summed E-state index contributed by atoms with van der Waals surface area (Å²) in [7, 11) is 0. The number of piperidine rings is 1. The molecular weight excluding hydrogens is 314 g/mol. The molecule has 25 heavy (non-hydrogen) atoms. The van der Waals surface area contributed by atoms with Gasteiger partial charge in [0.2, 0.25) is 5.91 Å². The fraction of sp³-hybridized carbons (Fsp3) is 0.450. The Morgan fingerprint density at radius 2 is 2.08 bits per heavy atom. The Labute approximate surface area is 147 Å². The van der Waals surface area contributed by atoms with Gasteiger partial charge in [-0.3, -0.25) is 9.59 Å². The number of rotatable bonds is 1. The van der Waals surface area contributed by atoms with Crippen molar-refractivity contribution in [2.24, 2.45) is 0 Å². The van der Waals surface area contributed by atoms with Crippen molar-refractivity contribution in [3.63, 3.8) is 0 Å². The normalized spacial score (nSPS) is 26.7. The highest BCUT2D eigenvalue weighted by Crippen LogP contribution is 2.34. The van der Waals surface area contributed by atoms with Crippen LogP contribution in [0.2, 0.25) is 0 Å². The third-order valence-electron chi connectivity index (χ3n) is 5.59. The van der Waals surface area contributed by atoms with Gasteiger partial charge in [0.1, 0.15) is 5.69 Å². The lowest BCUT2D eigenvalue weighted by Crippen LogP contribution is -2.63. The molecule has 3 heterocycles. The molecule has 1 N–H and O–H groups in total. The van der Waals surface area contributed by atoms with Gasteiger partial charge >= 0.3 is 0 Å². The van der Waals surface area contributed by atoms with Crippen molar-refractivity contribution in [1.29, 1.82) is 0 Å². The molecule has 0 bridgehead atoms. The number of carbonyl (C=O) groups is 2. The van der Waals surface area contributed by atoms with E-state index in [2.05, 4.69) is 17.2 Å². The number of hydrogen-bond donors (Lipinski definition) is 1. The van der Waals surface area contributed by atoms with Gasteiger partial charge in [-0.25, -0.2) is 4.98 Å². The number of fused-ring (bicyclic) bond motifs is 2. The SMILES string of the molecule is C[C@]12CCCN(C(=O)c3ccc4ccccc4n3)[C@H]1CCCC(=O)N2. The highest BCUT2D eigenvalue weighted by atomic mass is 16.2. The molecule has 0 aliphatic carbocycles. The molecule has 2 fully saturated rings. The predicted octanol–water partition coefficient (Wildman–Crippen LogP) is 2.90. The number of para-hydroxylation sites is 1. The lowest BCUT2D eigenvalue weighted by molar-refractivity contribution is -0.123. The number of carbonyl (C=O) groups excluding carboxylic acids is 2. The van der Waals surface area contributed by atoms with Gasteiger partial charge in [0.25, 0.3) is 5.91 Å². The first-order chi connectivity index (χ1) is 12.1. The third-order valence-corrected chi connectivity index (χ3v) is 5.59. The molecule has 5 nitrogen and oxygen atoms in total. The maximum atomic E-state index is 13.2. The number of likely N-dealkylation sites (tertiary alicyclic amines) is 1. The van der Waals surface area contributed by atoms with Crippen molar-refractivity contribution < 1.29 is 9.59 Å². The summed E-state index contributed by atoms with van der Waals surface area (Å²) in [6.07, 6.45) is 4.03. The van der Waals surface area contributed by atoms with Crippen molar-refractivity contribution in [3.8, 4) is 0 Å². The molecule has 2 aliphatic heterocycles. The van der Waals surface area contributed by atoms with Gasteiger partial charge in [-0.15, -0.1) is 0 Å². The van der Waals surface area contributed by atoms with Gasteiger partial charge in [-0.1, -0.05) is 24.3 Å². The maximum Gasteiger partial charge on any atom is 0.272 e. The predicted molar refractivity (Wildman–Crippen MR) is 96.2 cm³/mol. The Hall–Kier alpha value is -2.43. The number of nitrogens with zero attached hydrogens (tertiary/aromatic N) is 2. The van der Waals surface area contributed by atoms with Crippen LogP contribution in [-0.4, -0.2) is 39.8 Å². The Kier molecular flexibility index (Phi) is 3.94. The van der Waals surface area contributed by atoms with Crippen LogP contribution >= 0.6 is 0 Å². The Balaban J connectivity index is 1.66. The minimum Gasteiger partial charge on any atom is -0.349 e. The van der Waals surface area contributed by atoms with Crippen LogP contribution in [0.3, 0.4) is 0 Å². The van der Waals surface area contributed by atoms with E-state index < -0.39 is 0 Å². The maximum absolute atomic E-state index is 13.2. The first-order valence-electron chi connectivity index (χ1n) is 9.05. The lowest BCUT2D eigenvalue weighted by atomic mass is 9.81. The van der Waals surface area contributed by atoms with Gasteiger partial charge in [0.15, 0.2) is 0 Å². The molecule has 4 rings (SSSR count). The zero-order chi connectivity index (χ0) is 17.4. The molecule has 5 heteroatoms. The summed E-state index contributed by atoms with van der Waals surface area (Å²) in [5.74, 6) is 0.0703. The number of pyridine rings is 1. The number of nitrogens with one attached hydrogen (secondary N) is 1. The van der Waals surface area contributed by atoms with Gasteiger partial charge in [-0.05, 0) is 44.7 Å². The molecule has 2 saturated heterocycles. The quantitative estimate of drug-likeness (QED) is 0.870. The average molecular weight is 337 g/mol. The summed E-state index contributed by atoms with van der Waals surface area (Å²) in [6.45, 7) is 2.80. The second-order valence-corrected chi connectivity index (χ2v) is 7.36. The first-order valence-corrected chi connectivity index (χ1v) is 9.05. The number of hydrogen-bond acceptors (Lipinski definition) is 3. The second-order valence-electron chi connectivity index (χ2n) is 7.36. The van der Waals surface area contributed by atoms with Gasteiger partial charge in [-0.2, -0.15) is 0 Å². The number of amides is 2. The molecule has 2 amide bonds. The van der Waals surface area contributed by atoms with Crippen LogP contribution in [0.1, 0.15) is 49.5 Å². The summed E-state index contributed by atoms with van der Waals surface area (Å²) in [6, 6.07) is 11.6. The third kappa shape index (κ3) is 2.88. The van der Waals surface area contributed by atoms with Crippen molar-refractivity contribution in [2.75, 3.05) is 6.54 Å². The van der Waals surface area contributed by atoms with Crippen molar-refractivity contribution in [3.05, 3.63) is 42.1 Å². The van der Waals surface area contributed by atoms with Gasteiger partial charge in [0.05, 0.1) is 17.1 Å². The van der Waals surface area contributed by atoms with Crippen LogP contribution in [0, 0.1) is 0 Å². The molecule has 0 saturated carbocycles. The highest BCUT2D eigenvalue weighted by molar-refractivity contribution is 5.95. The van der Waals surface area contributed by atoms with E-state index in [1.54, 1.807) is 0 Å². The molecular formula is C20H23N3O2. The molecule has 2 aliphatic rings. The van der Waals surface area contributed by atoms with Crippen molar-refractivity contribution >= 4 is 22.7 Å². The van der Waals surface area contributed by atoms with Crippen LogP contribution in [0.4, 0.5) is 0 Å². The Morgan fingerprint density at radius 1 is 1.24 bits per heavy atom. The van der Waals surface area contributed by atoms with E-state index in [9.17, 15) is 9.59 Å². The summed E-state index contributed by atoms with van der Waals surface area (Å²) >= 11 is 0. The van der Waals surface area contributed by atoms with E-state index in [1.165, 1.54) is 0 Å². The smallest absolute Gasteiger partial charge is 0.272 e. The molecule has 2 aromatic rings. The standard InChI is InChI=1S/C20H23N3O2/c1-20-12-5-13-23(17(20)8-4-9-18(24)22-20)19(25)16-11-10-14-6-2-3-7-15(14)21-16/h2-3,6-7,10-11,17H,4-5,8-9,12-13H2,1H3,(H,22,24)/t17-,20-/m0/s1. The zero-order valence-corrected chi connectivity index (χ0v) is 14.5.